The fourth-order valence-electron chi connectivity index (χ4n) is 4.91. The van der Waals surface area contributed by atoms with Crippen LogP contribution in [0.15, 0.2) is 46.3 Å². The number of thiophene rings is 1. The van der Waals surface area contributed by atoms with E-state index in [0.717, 1.165) is 52.3 Å². The van der Waals surface area contributed by atoms with Gasteiger partial charge in [0.25, 0.3) is 0 Å². The molecule has 1 aromatic carbocycles. The number of carbonyl (C=O) groups excluding carboxylic acids is 2. The van der Waals surface area contributed by atoms with Crippen LogP contribution in [0.1, 0.15) is 36.3 Å². The third kappa shape index (κ3) is 6.67. The number of benzene rings is 1. The first-order valence-corrected chi connectivity index (χ1v) is 14.4. The van der Waals surface area contributed by atoms with E-state index in [9.17, 15) is 9.59 Å². The van der Waals surface area contributed by atoms with Crippen molar-refractivity contribution >= 4 is 62.2 Å². The molecular weight excluding hydrogens is 552 g/mol. The number of halogens is 1. The van der Waals surface area contributed by atoms with E-state index < -0.39 is 0 Å². The van der Waals surface area contributed by atoms with Gasteiger partial charge in [-0.1, -0.05) is 12.8 Å². The minimum atomic E-state index is -0.0452. The Morgan fingerprint density at radius 1 is 1.03 bits per heavy atom. The van der Waals surface area contributed by atoms with Gasteiger partial charge in [0, 0.05) is 70.0 Å². The molecule has 1 aliphatic carbocycles. The Morgan fingerprint density at radius 3 is 2.41 bits per heavy atom. The van der Waals surface area contributed by atoms with Gasteiger partial charge in [0.1, 0.15) is 5.82 Å². The normalized spacial score (nSPS) is 16.2. The highest BCUT2D eigenvalue weighted by atomic mass is 79.9. The monoisotopic (exact) mass is 582 g/mol. The Bertz CT molecular complexity index is 1250. The van der Waals surface area contributed by atoms with Gasteiger partial charge < -0.3 is 20.4 Å². The van der Waals surface area contributed by atoms with Gasteiger partial charge in [-0.25, -0.2) is 4.98 Å². The van der Waals surface area contributed by atoms with Gasteiger partial charge in [0.15, 0.2) is 0 Å². The number of anilines is 4. The number of hydrogen-bond acceptors (Lipinski definition) is 7. The largest absolute Gasteiger partial charge is 0.340 e. The van der Waals surface area contributed by atoms with Crippen LogP contribution in [0.5, 0.6) is 0 Å². The minimum Gasteiger partial charge on any atom is -0.340 e. The zero-order valence-electron chi connectivity index (χ0n) is 20.9. The molecule has 3 aromatic rings. The number of rotatable bonds is 7. The summed E-state index contributed by atoms with van der Waals surface area (Å²) in [5, 5.41) is 8.27. The van der Waals surface area contributed by atoms with Gasteiger partial charge in [0.2, 0.25) is 17.8 Å². The molecule has 3 heterocycles. The molecule has 0 radical (unpaired) electrons. The fourth-order valence-corrected chi connectivity index (χ4v) is 6.36. The zero-order valence-corrected chi connectivity index (χ0v) is 23.3. The number of nitrogens with one attached hydrogen (secondary N) is 2. The molecule has 2 aromatic heterocycles. The third-order valence-corrected chi connectivity index (χ3v) is 8.52. The number of nitrogens with zero attached hydrogens (tertiary/aromatic N) is 4. The minimum absolute atomic E-state index is 0.0452. The lowest BCUT2D eigenvalue weighted by Gasteiger charge is -2.36. The molecule has 37 heavy (non-hydrogen) atoms. The van der Waals surface area contributed by atoms with E-state index in [0.29, 0.717) is 37.2 Å². The highest BCUT2D eigenvalue weighted by Crippen LogP contribution is 2.28. The molecule has 0 spiro atoms. The second kappa shape index (κ2) is 11.6. The number of carbonyl (C=O) groups is 2. The maximum Gasteiger partial charge on any atom is 0.229 e. The average Bonchev–Trinajstić information content (AvgIpc) is 3.57. The van der Waals surface area contributed by atoms with Crippen molar-refractivity contribution in [2.45, 2.75) is 39.0 Å². The maximum absolute atomic E-state index is 12.8. The molecule has 1 aliphatic heterocycles. The molecule has 8 nitrogen and oxygen atoms in total. The Kier molecular flexibility index (Phi) is 8.05. The van der Waals surface area contributed by atoms with Crippen LogP contribution < -0.4 is 15.5 Å². The molecule has 1 saturated heterocycles. The topological polar surface area (TPSA) is 90.5 Å². The van der Waals surface area contributed by atoms with Crippen molar-refractivity contribution in [1.29, 1.82) is 0 Å². The fraction of sp³-hybridized carbons (Fsp3) is 0.407. The van der Waals surface area contributed by atoms with E-state index in [4.69, 9.17) is 4.98 Å². The SMILES string of the molecule is Cc1cc(Nc2ccc(NC(=O)Cc3cc(Br)cs3)cc2)nc(N2CCN(C(=O)C3CCCC3)CC2)n1. The van der Waals surface area contributed by atoms with Crippen molar-refractivity contribution in [1.82, 2.24) is 14.9 Å². The Labute approximate surface area is 229 Å². The molecular formula is C27H31BrN6O2S. The van der Waals surface area contributed by atoms with E-state index >= 15 is 0 Å². The van der Waals surface area contributed by atoms with Crippen LogP contribution in [0.3, 0.4) is 0 Å². The summed E-state index contributed by atoms with van der Waals surface area (Å²) in [6.07, 6.45) is 4.77. The first-order chi connectivity index (χ1) is 17.9. The highest BCUT2D eigenvalue weighted by molar-refractivity contribution is 9.10. The number of hydrogen-bond donors (Lipinski definition) is 2. The summed E-state index contributed by atoms with van der Waals surface area (Å²) in [5.41, 5.74) is 2.49. The quantitative estimate of drug-likeness (QED) is 0.389. The standard InChI is InChI=1S/C27H31BrN6O2S/c1-18-14-24(30-21-6-8-22(9-7-21)31-25(35)16-23-15-20(28)17-37-23)32-27(29-18)34-12-10-33(11-13-34)26(36)19-4-2-3-5-19/h6-9,14-15,17,19H,2-5,10-13,16H2,1H3,(H,31,35)(H,29,30,32). The lowest BCUT2D eigenvalue weighted by molar-refractivity contribution is -0.135. The van der Waals surface area contributed by atoms with Crippen molar-refractivity contribution in [2.24, 2.45) is 5.92 Å². The van der Waals surface area contributed by atoms with E-state index in [1.165, 1.54) is 12.8 Å². The molecule has 10 heteroatoms. The van der Waals surface area contributed by atoms with Crippen LogP contribution in [0.4, 0.5) is 23.1 Å². The summed E-state index contributed by atoms with van der Waals surface area (Å²) in [5.74, 6) is 1.90. The molecule has 194 valence electrons. The Balaban J connectivity index is 1.16. The van der Waals surface area contributed by atoms with E-state index in [1.807, 2.05) is 53.6 Å². The van der Waals surface area contributed by atoms with Crippen LogP contribution in [0, 0.1) is 12.8 Å². The molecule has 0 bridgehead atoms. The lowest BCUT2D eigenvalue weighted by Crippen LogP contribution is -2.50. The second-order valence-electron chi connectivity index (χ2n) is 9.65. The summed E-state index contributed by atoms with van der Waals surface area (Å²) in [6, 6.07) is 11.5. The zero-order chi connectivity index (χ0) is 25.8. The van der Waals surface area contributed by atoms with Gasteiger partial charge in [-0.05, 0) is 66.0 Å². The Morgan fingerprint density at radius 2 is 1.73 bits per heavy atom. The summed E-state index contributed by atoms with van der Waals surface area (Å²) < 4.78 is 0.996. The molecule has 5 rings (SSSR count). The number of aromatic nitrogens is 2. The van der Waals surface area contributed by atoms with E-state index in [-0.39, 0.29) is 11.8 Å². The first-order valence-electron chi connectivity index (χ1n) is 12.7. The van der Waals surface area contributed by atoms with Crippen LogP contribution in [0.25, 0.3) is 0 Å². The molecule has 0 atom stereocenters. The molecule has 2 aliphatic rings. The lowest BCUT2D eigenvalue weighted by atomic mass is 10.1. The van der Waals surface area contributed by atoms with Gasteiger partial charge in [-0.15, -0.1) is 11.3 Å². The average molecular weight is 584 g/mol. The van der Waals surface area contributed by atoms with Crippen LogP contribution >= 0.6 is 27.3 Å². The van der Waals surface area contributed by atoms with Gasteiger partial charge in [-0.2, -0.15) is 4.98 Å². The van der Waals surface area contributed by atoms with Gasteiger partial charge >= 0.3 is 0 Å². The number of amides is 2. The number of aryl methyl sites for hydroxylation is 1. The van der Waals surface area contributed by atoms with Crippen LogP contribution in [0.2, 0.25) is 0 Å². The first kappa shape index (κ1) is 25.7. The predicted molar refractivity (Wildman–Crippen MR) is 152 cm³/mol. The van der Waals surface area contributed by atoms with E-state index in [2.05, 4.69) is 36.4 Å². The van der Waals surface area contributed by atoms with Crippen molar-refractivity contribution < 1.29 is 9.59 Å². The molecule has 0 unspecified atom stereocenters. The van der Waals surface area contributed by atoms with E-state index in [1.54, 1.807) is 11.3 Å². The van der Waals surface area contributed by atoms with Crippen LogP contribution in [-0.4, -0.2) is 52.9 Å². The molecule has 2 fully saturated rings. The summed E-state index contributed by atoms with van der Waals surface area (Å²) in [7, 11) is 0. The Hall–Kier alpha value is -2.98. The molecule has 2 N–H and O–H groups in total. The van der Waals surface area contributed by atoms with Crippen molar-refractivity contribution in [3.63, 3.8) is 0 Å². The van der Waals surface area contributed by atoms with Crippen molar-refractivity contribution in [2.75, 3.05) is 41.7 Å². The summed E-state index contributed by atoms with van der Waals surface area (Å²) in [6.45, 7) is 4.86. The molecule has 2 amide bonds. The van der Waals surface area contributed by atoms with Crippen molar-refractivity contribution in [3.05, 3.63) is 56.8 Å². The predicted octanol–water partition coefficient (Wildman–Crippen LogP) is 5.37. The second-order valence-corrected chi connectivity index (χ2v) is 11.6. The maximum atomic E-state index is 12.8. The smallest absolute Gasteiger partial charge is 0.229 e. The third-order valence-electron chi connectivity index (χ3n) is 6.82. The van der Waals surface area contributed by atoms with Gasteiger partial charge in [0.05, 0.1) is 6.42 Å². The van der Waals surface area contributed by atoms with Gasteiger partial charge in [-0.3, -0.25) is 9.59 Å². The summed E-state index contributed by atoms with van der Waals surface area (Å²) in [4.78, 5) is 39.7. The molecule has 1 saturated carbocycles. The van der Waals surface area contributed by atoms with Crippen LogP contribution in [-0.2, 0) is 16.0 Å². The summed E-state index contributed by atoms with van der Waals surface area (Å²) >= 11 is 4.98. The van der Waals surface area contributed by atoms with Crippen molar-refractivity contribution in [3.8, 4) is 0 Å². The highest BCUT2D eigenvalue weighted by Gasteiger charge is 2.30. The number of piperazine rings is 1.